The maximum Gasteiger partial charge on any atom is 0.279 e. The SMILES string of the molecule is Cc1cccc(NC(=O)C[NH+](C)[C@H](C)c2nc3ccccc3s2)c1. The molecule has 5 heteroatoms. The zero-order valence-corrected chi connectivity index (χ0v) is 15.0. The number of nitrogens with one attached hydrogen (secondary N) is 2. The molecule has 1 heterocycles. The standard InChI is InChI=1S/C19H21N3OS/c1-13-7-6-8-15(11-13)20-18(23)12-22(3)14(2)19-21-16-9-4-5-10-17(16)24-19/h4-11,14H,12H2,1-3H3,(H,20,23)/p+1/t14-/m1/s1. The topological polar surface area (TPSA) is 46.4 Å². The molecular weight excluding hydrogens is 318 g/mol. The lowest BCUT2D eigenvalue weighted by atomic mass is 10.2. The van der Waals surface area contributed by atoms with E-state index in [0.717, 1.165) is 26.7 Å². The van der Waals surface area contributed by atoms with Crippen molar-refractivity contribution in [1.29, 1.82) is 0 Å². The minimum atomic E-state index is 0.0195. The molecule has 24 heavy (non-hydrogen) atoms. The number of quaternary nitrogens is 1. The van der Waals surface area contributed by atoms with E-state index in [2.05, 4.69) is 18.3 Å². The Morgan fingerprint density at radius 1 is 1.25 bits per heavy atom. The van der Waals surface area contributed by atoms with Crippen LogP contribution in [0.4, 0.5) is 5.69 Å². The highest BCUT2D eigenvalue weighted by atomic mass is 32.1. The van der Waals surface area contributed by atoms with E-state index >= 15 is 0 Å². The second-order valence-electron chi connectivity index (χ2n) is 6.18. The van der Waals surface area contributed by atoms with Crippen LogP contribution in [0, 0.1) is 6.92 Å². The molecule has 1 unspecified atom stereocenters. The lowest BCUT2D eigenvalue weighted by Gasteiger charge is -2.19. The molecule has 124 valence electrons. The van der Waals surface area contributed by atoms with Gasteiger partial charge in [0, 0.05) is 5.69 Å². The van der Waals surface area contributed by atoms with E-state index in [-0.39, 0.29) is 11.9 Å². The first-order valence-corrected chi connectivity index (χ1v) is 8.89. The van der Waals surface area contributed by atoms with Gasteiger partial charge in [-0.05, 0) is 43.7 Å². The summed E-state index contributed by atoms with van der Waals surface area (Å²) in [5, 5.41) is 4.04. The molecule has 0 saturated heterocycles. The van der Waals surface area contributed by atoms with E-state index in [9.17, 15) is 4.79 Å². The molecule has 2 atom stereocenters. The van der Waals surface area contributed by atoms with Crippen LogP contribution in [0.2, 0.25) is 0 Å². The van der Waals surface area contributed by atoms with Gasteiger partial charge in [-0.1, -0.05) is 24.3 Å². The summed E-state index contributed by atoms with van der Waals surface area (Å²) >= 11 is 1.70. The number of aryl methyl sites for hydroxylation is 1. The summed E-state index contributed by atoms with van der Waals surface area (Å²) < 4.78 is 1.19. The fraction of sp³-hybridized carbons (Fsp3) is 0.263. The van der Waals surface area contributed by atoms with Gasteiger partial charge >= 0.3 is 0 Å². The summed E-state index contributed by atoms with van der Waals surface area (Å²) in [6.45, 7) is 4.54. The summed E-state index contributed by atoms with van der Waals surface area (Å²) in [7, 11) is 2.03. The number of amides is 1. The number of carbonyl (C=O) groups excluding carboxylic acids is 1. The van der Waals surface area contributed by atoms with Crippen molar-refractivity contribution in [2.24, 2.45) is 0 Å². The van der Waals surface area contributed by atoms with E-state index in [0.29, 0.717) is 6.54 Å². The molecule has 0 radical (unpaired) electrons. The number of hydrogen-bond acceptors (Lipinski definition) is 3. The lowest BCUT2D eigenvalue weighted by molar-refractivity contribution is -0.902. The zero-order valence-electron chi connectivity index (χ0n) is 14.2. The highest BCUT2D eigenvalue weighted by Gasteiger charge is 2.22. The van der Waals surface area contributed by atoms with Gasteiger partial charge in [0.05, 0.1) is 17.3 Å². The molecule has 3 rings (SSSR count). The first kappa shape index (κ1) is 16.6. The van der Waals surface area contributed by atoms with Crippen molar-refractivity contribution in [3.05, 3.63) is 59.1 Å². The Morgan fingerprint density at radius 3 is 2.79 bits per heavy atom. The van der Waals surface area contributed by atoms with E-state index in [1.54, 1.807) is 11.3 Å². The van der Waals surface area contributed by atoms with Crippen LogP contribution >= 0.6 is 11.3 Å². The summed E-state index contributed by atoms with van der Waals surface area (Å²) in [4.78, 5) is 18.1. The van der Waals surface area contributed by atoms with Gasteiger partial charge in [0.15, 0.2) is 11.6 Å². The third kappa shape index (κ3) is 3.80. The molecule has 0 aliphatic heterocycles. The third-order valence-electron chi connectivity index (χ3n) is 4.16. The van der Waals surface area contributed by atoms with Crippen LogP contribution in [0.3, 0.4) is 0 Å². The number of fused-ring (bicyclic) bond motifs is 1. The number of hydrogen-bond donors (Lipinski definition) is 2. The van der Waals surface area contributed by atoms with E-state index in [1.165, 1.54) is 4.70 Å². The van der Waals surface area contributed by atoms with Gasteiger partial charge in [-0.15, -0.1) is 11.3 Å². The zero-order chi connectivity index (χ0) is 17.1. The molecule has 3 aromatic rings. The van der Waals surface area contributed by atoms with Gasteiger partial charge < -0.3 is 10.2 Å². The predicted octanol–water partition coefficient (Wildman–Crippen LogP) is 2.82. The monoisotopic (exact) mass is 340 g/mol. The van der Waals surface area contributed by atoms with Crippen molar-refractivity contribution in [2.45, 2.75) is 19.9 Å². The third-order valence-corrected chi connectivity index (χ3v) is 5.38. The van der Waals surface area contributed by atoms with E-state index < -0.39 is 0 Å². The minimum Gasteiger partial charge on any atom is -0.322 e. The van der Waals surface area contributed by atoms with Crippen molar-refractivity contribution in [3.8, 4) is 0 Å². The number of aromatic nitrogens is 1. The lowest BCUT2D eigenvalue weighted by Crippen LogP contribution is -3.10. The summed E-state index contributed by atoms with van der Waals surface area (Å²) in [5.41, 5.74) is 3.01. The highest BCUT2D eigenvalue weighted by molar-refractivity contribution is 7.18. The number of benzene rings is 2. The molecule has 4 nitrogen and oxygen atoms in total. The Bertz CT molecular complexity index is 825. The number of para-hydroxylation sites is 1. The Labute approximate surface area is 146 Å². The van der Waals surface area contributed by atoms with Crippen molar-refractivity contribution < 1.29 is 9.69 Å². The molecule has 0 aliphatic rings. The average Bonchev–Trinajstić information content (AvgIpc) is 2.97. The first-order chi connectivity index (χ1) is 11.5. The van der Waals surface area contributed by atoms with Gasteiger partial charge in [0.25, 0.3) is 5.91 Å². The van der Waals surface area contributed by atoms with Crippen LogP contribution in [0.5, 0.6) is 0 Å². The number of thiazole rings is 1. The molecular formula is C19H22N3OS+. The van der Waals surface area contributed by atoms with Crippen LogP contribution in [-0.4, -0.2) is 24.5 Å². The van der Waals surface area contributed by atoms with Crippen LogP contribution in [-0.2, 0) is 4.79 Å². The normalized spacial score (nSPS) is 13.6. The Balaban J connectivity index is 1.65. The fourth-order valence-electron chi connectivity index (χ4n) is 2.62. The van der Waals surface area contributed by atoms with Gasteiger partial charge in [-0.3, -0.25) is 4.79 Å². The Kier molecular flexibility index (Phi) is 4.92. The van der Waals surface area contributed by atoms with E-state index in [1.807, 2.05) is 56.4 Å². The van der Waals surface area contributed by atoms with Crippen molar-refractivity contribution in [3.63, 3.8) is 0 Å². The molecule has 0 fully saturated rings. The second kappa shape index (κ2) is 7.11. The number of nitrogens with zero attached hydrogens (tertiary/aromatic N) is 1. The van der Waals surface area contributed by atoms with Crippen LogP contribution in [0.25, 0.3) is 10.2 Å². The Morgan fingerprint density at radius 2 is 2.04 bits per heavy atom. The molecule has 1 amide bonds. The minimum absolute atomic E-state index is 0.0195. The quantitative estimate of drug-likeness (QED) is 0.750. The van der Waals surface area contributed by atoms with E-state index in [4.69, 9.17) is 4.98 Å². The predicted molar refractivity (Wildman–Crippen MR) is 99.6 cm³/mol. The first-order valence-electron chi connectivity index (χ1n) is 8.07. The molecule has 0 aliphatic carbocycles. The van der Waals surface area contributed by atoms with Crippen LogP contribution in [0.15, 0.2) is 48.5 Å². The van der Waals surface area contributed by atoms with Gasteiger partial charge in [0.2, 0.25) is 0 Å². The van der Waals surface area contributed by atoms with Gasteiger partial charge in [-0.2, -0.15) is 0 Å². The maximum atomic E-state index is 12.3. The average molecular weight is 340 g/mol. The molecule has 2 aromatic carbocycles. The maximum absolute atomic E-state index is 12.3. The summed E-state index contributed by atoms with van der Waals surface area (Å²) in [6.07, 6.45) is 0. The number of carbonyl (C=O) groups is 1. The smallest absolute Gasteiger partial charge is 0.279 e. The molecule has 0 bridgehead atoms. The number of anilines is 1. The fourth-order valence-corrected chi connectivity index (χ4v) is 3.73. The van der Waals surface area contributed by atoms with Crippen LogP contribution in [0.1, 0.15) is 23.5 Å². The second-order valence-corrected chi connectivity index (χ2v) is 7.24. The van der Waals surface area contributed by atoms with Crippen LogP contribution < -0.4 is 10.2 Å². The van der Waals surface area contributed by atoms with Crippen molar-refractivity contribution in [2.75, 3.05) is 18.9 Å². The van der Waals surface area contributed by atoms with Crippen molar-refractivity contribution in [1.82, 2.24) is 4.98 Å². The van der Waals surface area contributed by atoms with Gasteiger partial charge in [0.1, 0.15) is 6.04 Å². The van der Waals surface area contributed by atoms with Gasteiger partial charge in [-0.25, -0.2) is 4.98 Å². The molecule has 1 aromatic heterocycles. The summed E-state index contributed by atoms with van der Waals surface area (Å²) in [5.74, 6) is 0.0195. The van der Waals surface area contributed by atoms with Crippen molar-refractivity contribution >= 4 is 33.1 Å². The molecule has 0 spiro atoms. The summed E-state index contributed by atoms with van der Waals surface area (Å²) in [6, 6.07) is 16.2. The largest absolute Gasteiger partial charge is 0.322 e. The molecule has 2 N–H and O–H groups in total. The number of rotatable bonds is 5. The molecule has 0 saturated carbocycles. The Hall–Kier alpha value is -2.24. The highest BCUT2D eigenvalue weighted by Crippen LogP contribution is 2.24. The number of likely N-dealkylation sites (N-methyl/N-ethyl adjacent to an activating group) is 1.